The molecule has 1 fully saturated rings. The van der Waals surface area contributed by atoms with Crippen LogP contribution in [0.1, 0.15) is 30.6 Å². The molecule has 1 aromatic rings. The molecule has 1 amide bonds. The lowest BCUT2D eigenvalue weighted by Gasteiger charge is -2.37. The lowest BCUT2D eigenvalue weighted by molar-refractivity contribution is -0.123. The van der Waals surface area contributed by atoms with Crippen molar-refractivity contribution < 1.29 is 14.3 Å². The van der Waals surface area contributed by atoms with Gasteiger partial charge in [0.15, 0.2) is 0 Å². The van der Waals surface area contributed by atoms with Crippen molar-refractivity contribution in [3.63, 3.8) is 0 Å². The zero-order valence-corrected chi connectivity index (χ0v) is 12.4. The van der Waals surface area contributed by atoms with Gasteiger partial charge >= 0.3 is 5.97 Å². The van der Waals surface area contributed by atoms with Crippen molar-refractivity contribution in [2.45, 2.75) is 26.3 Å². The normalized spacial score (nSPS) is 18.3. The number of carbonyl (C=O) groups excluding carboxylic acids is 2. The number of nitrogens with two attached hydrogens (primary N) is 1. The molecule has 0 radical (unpaired) electrons. The molecule has 0 bridgehead atoms. The van der Waals surface area contributed by atoms with E-state index in [0.29, 0.717) is 43.1 Å². The summed E-state index contributed by atoms with van der Waals surface area (Å²) in [7, 11) is 0. The summed E-state index contributed by atoms with van der Waals surface area (Å²) in [6.07, 6.45) is 0.676. The quantitative estimate of drug-likeness (QED) is 0.642. The van der Waals surface area contributed by atoms with E-state index < -0.39 is 5.97 Å². The number of nitrogens with one attached hydrogen (secondary N) is 1. The summed E-state index contributed by atoms with van der Waals surface area (Å²) in [5.41, 5.74) is 7.55. The van der Waals surface area contributed by atoms with E-state index in [1.54, 1.807) is 19.1 Å². The van der Waals surface area contributed by atoms with E-state index in [9.17, 15) is 9.59 Å². The van der Waals surface area contributed by atoms with Gasteiger partial charge in [-0.25, -0.2) is 4.79 Å². The Labute approximate surface area is 124 Å². The summed E-state index contributed by atoms with van der Waals surface area (Å²) >= 11 is 0. The molecule has 114 valence electrons. The molecule has 0 spiro atoms. The monoisotopic (exact) mass is 291 g/mol. The van der Waals surface area contributed by atoms with Gasteiger partial charge in [-0.3, -0.25) is 4.79 Å². The highest BCUT2D eigenvalue weighted by atomic mass is 16.5. The van der Waals surface area contributed by atoms with Crippen LogP contribution < -0.4 is 16.0 Å². The first kappa shape index (κ1) is 15.2. The lowest BCUT2D eigenvalue weighted by atomic mass is 10.1. The Kier molecular flexibility index (Phi) is 4.67. The van der Waals surface area contributed by atoms with Gasteiger partial charge in [0.05, 0.1) is 23.5 Å². The molecule has 0 aromatic heterocycles. The Morgan fingerprint density at radius 3 is 2.90 bits per heavy atom. The van der Waals surface area contributed by atoms with Crippen LogP contribution in [0.4, 0.5) is 11.4 Å². The lowest BCUT2D eigenvalue weighted by Crippen LogP contribution is -2.55. The van der Waals surface area contributed by atoms with Gasteiger partial charge in [0.2, 0.25) is 5.91 Å². The highest BCUT2D eigenvalue weighted by Crippen LogP contribution is 2.30. The maximum atomic E-state index is 12.0. The van der Waals surface area contributed by atoms with Crippen LogP contribution in [-0.4, -0.2) is 37.6 Å². The Bertz CT molecular complexity index is 545. The summed E-state index contributed by atoms with van der Waals surface area (Å²) in [6, 6.07) is 4.97. The van der Waals surface area contributed by atoms with E-state index in [1.165, 1.54) is 0 Å². The molecule has 1 aliphatic heterocycles. The number of para-hydroxylation sites is 1. The maximum absolute atomic E-state index is 12.0. The van der Waals surface area contributed by atoms with Crippen molar-refractivity contribution in [1.29, 1.82) is 0 Å². The van der Waals surface area contributed by atoms with E-state index in [-0.39, 0.29) is 11.9 Å². The first-order valence-electron chi connectivity index (χ1n) is 7.20. The number of ether oxygens (including phenoxy) is 1. The van der Waals surface area contributed by atoms with Gasteiger partial charge in [-0.15, -0.1) is 0 Å². The Balaban J connectivity index is 2.37. The van der Waals surface area contributed by atoms with Gasteiger partial charge in [-0.2, -0.15) is 0 Å². The predicted molar refractivity (Wildman–Crippen MR) is 81.2 cm³/mol. The zero-order valence-electron chi connectivity index (χ0n) is 12.4. The number of nitrogen functional groups attached to an aromatic ring is 1. The number of benzene rings is 1. The van der Waals surface area contributed by atoms with Crippen LogP contribution in [0.15, 0.2) is 18.2 Å². The second-order valence-electron chi connectivity index (χ2n) is 4.87. The van der Waals surface area contributed by atoms with E-state index in [1.807, 2.05) is 17.9 Å². The van der Waals surface area contributed by atoms with Gasteiger partial charge in [0.1, 0.15) is 6.04 Å². The van der Waals surface area contributed by atoms with Crippen molar-refractivity contribution in [3.05, 3.63) is 23.8 Å². The fourth-order valence-electron chi connectivity index (χ4n) is 2.60. The average Bonchev–Trinajstić information content (AvgIpc) is 2.47. The topological polar surface area (TPSA) is 84.7 Å². The SMILES string of the molecule is CCOC(=O)c1cccc(N2CCNC(=O)C2CC)c1N. The van der Waals surface area contributed by atoms with E-state index in [4.69, 9.17) is 10.5 Å². The third kappa shape index (κ3) is 2.94. The Morgan fingerprint density at radius 1 is 1.48 bits per heavy atom. The number of hydrogen-bond donors (Lipinski definition) is 2. The number of anilines is 2. The van der Waals surface area contributed by atoms with Crippen molar-refractivity contribution >= 4 is 23.3 Å². The maximum Gasteiger partial charge on any atom is 0.340 e. The van der Waals surface area contributed by atoms with Gasteiger partial charge in [-0.05, 0) is 25.5 Å². The summed E-state index contributed by atoms with van der Waals surface area (Å²) in [6.45, 7) is 5.24. The molecular weight excluding hydrogens is 270 g/mol. The van der Waals surface area contributed by atoms with Crippen molar-refractivity contribution in [2.24, 2.45) is 0 Å². The van der Waals surface area contributed by atoms with Crippen LogP contribution in [-0.2, 0) is 9.53 Å². The molecule has 1 atom stereocenters. The molecule has 21 heavy (non-hydrogen) atoms. The smallest absolute Gasteiger partial charge is 0.340 e. The van der Waals surface area contributed by atoms with Crippen LogP contribution >= 0.6 is 0 Å². The first-order chi connectivity index (χ1) is 10.1. The molecule has 3 N–H and O–H groups in total. The molecule has 1 saturated heterocycles. The summed E-state index contributed by atoms with van der Waals surface area (Å²) < 4.78 is 5.01. The van der Waals surface area contributed by atoms with Crippen LogP contribution in [0, 0.1) is 0 Å². The third-order valence-electron chi connectivity index (χ3n) is 3.61. The Morgan fingerprint density at radius 2 is 2.24 bits per heavy atom. The molecule has 2 rings (SSSR count). The highest BCUT2D eigenvalue weighted by molar-refractivity contribution is 5.99. The minimum atomic E-state index is -0.439. The van der Waals surface area contributed by atoms with Gasteiger partial charge in [0, 0.05) is 13.1 Å². The number of amides is 1. The standard InChI is InChI=1S/C15H21N3O3/c1-3-11-14(19)17-8-9-18(11)12-7-5-6-10(13(12)16)15(20)21-4-2/h5-7,11H,3-4,8-9,16H2,1-2H3,(H,17,19). The van der Waals surface area contributed by atoms with Gasteiger partial charge in [0.25, 0.3) is 0 Å². The van der Waals surface area contributed by atoms with Crippen LogP contribution in [0.25, 0.3) is 0 Å². The predicted octanol–water partition coefficient (Wildman–Crippen LogP) is 1.16. The number of rotatable bonds is 4. The molecule has 6 heteroatoms. The highest BCUT2D eigenvalue weighted by Gasteiger charge is 2.30. The average molecular weight is 291 g/mol. The summed E-state index contributed by atoms with van der Waals surface area (Å²) in [5.74, 6) is -0.448. The van der Waals surface area contributed by atoms with Gasteiger partial charge in [-0.1, -0.05) is 13.0 Å². The number of nitrogens with zero attached hydrogens (tertiary/aromatic N) is 1. The first-order valence-corrected chi connectivity index (χ1v) is 7.20. The van der Waals surface area contributed by atoms with Crippen LogP contribution in [0.5, 0.6) is 0 Å². The molecule has 6 nitrogen and oxygen atoms in total. The largest absolute Gasteiger partial charge is 0.462 e. The number of esters is 1. The minimum absolute atomic E-state index is 0.00955. The summed E-state index contributed by atoms with van der Waals surface area (Å²) in [4.78, 5) is 25.8. The van der Waals surface area contributed by atoms with Crippen molar-refractivity contribution in [2.75, 3.05) is 30.3 Å². The molecule has 1 aliphatic rings. The Hall–Kier alpha value is -2.24. The molecule has 0 aliphatic carbocycles. The number of piperazine rings is 1. The molecule has 0 saturated carbocycles. The third-order valence-corrected chi connectivity index (χ3v) is 3.61. The second kappa shape index (κ2) is 6.47. The fraction of sp³-hybridized carbons (Fsp3) is 0.467. The molecule has 1 unspecified atom stereocenters. The number of carbonyl (C=O) groups is 2. The fourth-order valence-corrected chi connectivity index (χ4v) is 2.60. The number of hydrogen-bond acceptors (Lipinski definition) is 5. The zero-order chi connectivity index (χ0) is 15.4. The minimum Gasteiger partial charge on any atom is -0.462 e. The van der Waals surface area contributed by atoms with Crippen LogP contribution in [0.2, 0.25) is 0 Å². The van der Waals surface area contributed by atoms with Crippen molar-refractivity contribution in [1.82, 2.24) is 5.32 Å². The van der Waals surface area contributed by atoms with E-state index >= 15 is 0 Å². The molecular formula is C15H21N3O3. The van der Waals surface area contributed by atoms with Gasteiger partial charge < -0.3 is 20.7 Å². The second-order valence-corrected chi connectivity index (χ2v) is 4.87. The molecule has 1 aromatic carbocycles. The van der Waals surface area contributed by atoms with E-state index in [2.05, 4.69) is 5.32 Å². The molecule has 1 heterocycles. The van der Waals surface area contributed by atoms with E-state index in [0.717, 1.165) is 0 Å². The van der Waals surface area contributed by atoms with Crippen molar-refractivity contribution in [3.8, 4) is 0 Å². The summed E-state index contributed by atoms with van der Waals surface area (Å²) in [5, 5.41) is 2.85. The van der Waals surface area contributed by atoms with Crippen LogP contribution in [0.3, 0.4) is 0 Å².